The second-order valence-electron chi connectivity index (χ2n) is 5.76. The van der Waals surface area contributed by atoms with E-state index in [1.54, 1.807) is 55.9 Å². The van der Waals surface area contributed by atoms with E-state index in [1.807, 2.05) is 6.07 Å². The number of carbonyl (C=O) groups excluding carboxylic acids is 2. The minimum Gasteiger partial charge on any atom is -0.481 e. The third-order valence-corrected chi connectivity index (χ3v) is 3.74. The third kappa shape index (κ3) is 4.66. The first-order valence-corrected chi connectivity index (χ1v) is 8.19. The Morgan fingerprint density at radius 3 is 2.19 bits per heavy atom. The van der Waals surface area contributed by atoms with Gasteiger partial charge in [-0.3, -0.25) is 14.6 Å². The van der Waals surface area contributed by atoms with E-state index in [-0.39, 0.29) is 11.8 Å². The van der Waals surface area contributed by atoms with Crippen molar-refractivity contribution in [3.63, 3.8) is 0 Å². The Labute approximate surface area is 156 Å². The number of methoxy groups -OCH3 is 1. The largest absolute Gasteiger partial charge is 0.481 e. The summed E-state index contributed by atoms with van der Waals surface area (Å²) in [5.74, 6) is 0.0871. The number of hydrogen-bond donors (Lipinski definition) is 2. The van der Waals surface area contributed by atoms with E-state index in [0.717, 1.165) is 11.1 Å². The Morgan fingerprint density at radius 1 is 0.889 bits per heavy atom. The fourth-order valence-electron chi connectivity index (χ4n) is 2.44. The first-order chi connectivity index (χ1) is 13.0. The van der Waals surface area contributed by atoms with Gasteiger partial charge in [0.25, 0.3) is 5.91 Å². The zero-order valence-corrected chi connectivity index (χ0v) is 14.9. The van der Waals surface area contributed by atoms with Crippen molar-refractivity contribution >= 4 is 23.2 Å². The smallest absolute Gasteiger partial charge is 0.257 e. The van der Waals surface area contributed by atoms with Crippen molar-refractivity contribution in [3.8, 4) is 17.0 Å². The molecule has 136 valence electrons. The molecule has 7 nitrogen and oxygen atoms in total. The number of nitrogens with one attached hydrogen (secondary N) is 2. The van der Waals surface area contributed by atoms with E-state index >= 15 is 0 Å². The minimum absolute atomic E-state index is 0.150. The van der Waals surface area contributed by atoms with Crippen molar-refractivity contribution in [2.45, 2.75) is 6.92 Å². The fraction of sp³-hybridized carbons (Fsp3) is 0.100. The van der Waals surface area contributed by atoms with Crippen molar-refractivity contribution in [2.75, 3.05) is 17.7 Å². The van der Waals surface area contributed by atoms with Crippen LogP contribution in [0.3, 0.4) is 0 Å². The van der Waals surface area contributed by atoms with Gasteiger partial charge in [0.05, 0.1) is 12.7 Å². The van der Waals surface area contributed by atoms with Gasteiger partial charge in [0.2, 0.25) is 11.8 Å². The molecule has 1 aromatic carbocycles. The number of nitrogens with zero attached hydrogens (tertiary/aromatic N) is 2. The third-order valence-electron chi connectivity index (χ3n) is 3.74. The van der Waals surface area contributed by atoms with Crippen LogP contribution < -0.4 is 15.4 Å². The number of rotatable bonds is 5. The maximum atomic E-state index is 12.5. The van der Waals surface area contributed by atoms with Crippen molar-refractivity contribution in [1.29, 1.82) is 0 Å². The second-order valence-corrected chi connectivity index (χ2v) is 5.76. The second kappa shape index (κ2) is 8.09. The lowest BCUT2D eigenvalue weighted by Crippen LogP contribution is -2.12. The van der Waals surface area contributed by atoms with Gasteiger partial charge in [0.15, 0.2) is 0 Å². The molecule has 2 heterocycles. The number of aromatic nitrogens is 2. The van der Waals surface area contributed by atoms with E-state index in [9.17, 15) is 9.59 Å². The van der Waals surface area contributed by atoms with Gasteiger partial charge in [-0.25, -0.2) is 4.98 Å². The summed E-state index contributed by atoms with van der Waals surface area (Å²) in [5.41, 5.74) is 3.31. The van der Waals surface area contributed by atoms with E-state index in [1.165, 1.54) is 13.1 Å². The molecule has 0 saturated heterocycles. The van der Waals surface area contributed by atoms with Crippen LogP contribution in [0.5, 0.6) is 5.88 Å². The minimum atomic E-state index is -0.280. The number of ether oxygens (including phenoxy) is 1. The summed E-state index contributed by atoms with van der Waals surface area (Å²) in [4.78, 5) is 31.9. The molecule has 0 radical (unpaired) electrons. The number of pyridine rings is 2. The van der Waals surface area contributed by atoms with Gasteiger partial charge in [-0.05, 0) is 36.4 Å². The molecule has 7 heteroatoms. The highest BCUT2D eigenvalue weighted by molar-refractivity contribution is 6.04. The predicted octanol–water partition coefficient (Wildman–Crippen LogP) is 3.36. The summed E-state index contributed by atoms with van der Waals surface area (Å²) < 4.78 is 5.05. The quantitative estimate of drug-likeness (QED) is 0.726. The van der Waals surface area contributed by atoms with Gasteiger partial charge in [0, 0.05) is 54.1 Å². The fourth-order valence-corrected chi connectivity index (χ4v) is 2.44. The Morgan fingerprint density at radius 2 is 1.59 bits per heavy atom. The molecule has 2 amide bonds. The summed E-state index contributed by atoms with van der Waals surface area (Å²) in [6.07, 6.45) is 4.84. The number of hydrogen-bond acceptors (Lipinski definition) is 5. The van der Waals surface area contributed by atoms with Crippen LogP contribution in [0.25, 0.3) is 11.1 Å². The number of benzene rings is 1. The van der Waals surface area contributed by atoms with Crippen molar-refractivity contribution in [1.82, 2.24) is 9.97 Å². The van der Waals surface area contributed by atoms with Gasteiger partial charge < -0.3 is 15.4 Å². The summed E-state index contributed by atoms with van der Waals surface area (Å²) in [6, 6.07) is 12.2. The van der Waals surface area contributed by atoms with Crippen LogP contribution in [0.4, 0.5) is 11.4 Å². The molecule has 0 spiro atoms. The lowest BCUT2D eigenvalue weighted by Gasteiger charge is -2.08. The standard InChI is InChI=1S/C20H18N4O3/c1-13(25)23-17-4-6-18(7-5-17)24-20(26)16-9-15(10-21-11-16)14-3-8-19(27-2)22-12-14/h3-12H,1-2H3,(H,23,25)(H,24,26). The first kappa shape index (κ1) is 18.1. The van der Waals surface area contributed by atoms with E-state index in [2.05, 4.69) is 20.6 Å². The van der Waals surface area contributed by atoms with Gasteiger partial charge >= 0.3 is 0 Å². The maximum absolute atomic E-state index is 12.5. The van der Waals surface area contributed by atoms with E-state index in [4.69, 9.17) is 4.74 Å². The molecule has 0 atom stereocenters. The molecular formula is C20H18N4O3. The van der Waals surface area contributed by atoms with Crippen molar-refractivity contribution < 1.29 is 14.3 Å². The number of carbonyl (C=O) groups is 2. The summed E-state index contributed by atoms with van der Waals surface area (Å²) >= 11 is 0. The zero-order valence-electron chi connectivity index (χ0n) is 14.9. The summed E-state index contributed by atoms with van der Waals surface area (Å²) in [6.45, 7) is 1.44. The van der Waals surface area contributed by atoms with E-state index < -0.39 is 0 Å². The molecule has 0 fully saturated rings. The average Bonchev–Trinajstić information content (AvgIpc) is 2.69. The predicted molar refractivity (Wildman–Crippen MR) is 103 cm³/mol. The SMILES string of the molecule is COc1ccc(-c2cncc(C(=O)Nc3ccc(NC(C)=O)cc3)c2)cn1. The number of anilines is 2. The van der Waals surface area contributed by atoms with Gasteiger partial charge in [-0.2, -0.15) is 0 Å². The highest BCUT2D eigenvalue weighted by Crippen LogP contribution is 2.21. The highest BCUT2D eigenvalue weighted by atomic mass is 16.5. The van der Waals surface area contributed by atoms with Crippen LogP contribution in [-0.4, -0.2) is 28.9 Å². The first-order valence-electron chi connectivity index (χ1n) is 8.19. The summed E-state index contributed by atoms with van der Waals surface area (Å²) in [5, 5.41) is 5.48. The van der Waals surface area contributed by atoms with Crippen LogP contribution in [0.15, 0.2) is 61.1 Å². The Bertz CT molecular complexity index is 954. The van der Waals surface area contributed by atoms with Crippen LogP contribution in [0, 0.1) is 0 Å². The maximum Gasteiger partial charge on any atom is 0.257 e. The molecule has 3 aromatic rings. The van der Waals surface area contributed by atoms with Gasteiger partial charge in [0.1, 0.15) is 0 Å². The average molecular weight is 362 g/mol. The molecule has 0 aliphatic heterocycles. The summed E-state index contributed by atoms with van der Waals surface area (Å²) in [7, 11) is 1.55. The highest BCUT2D eigenvalue weighted by Gasteiger charge is 2.09. The molecule has 0 unspecified atom stereocenters. The molecule has 2 N–H and O–H groups in total. The molecule has 3 rings (SSSR count). The monoisotopic (exact) mass is 362 g/mol. The van der Waals surface area contributed by atoms with Crippen LogP contribution in [0.2, 0.25) is 0 Å². The molecule has 27 heavy (non-hydrogen) atoms. The Balaban J connectivity index is 1.74. The lowest BCUT2D eigenvalue weighted by molar-refractivity contribution is -0.114. The number of amides is 2. The normalized spacial score (nSPS) is 10.1. The van der Waals surface area contributed by atoms with Crippen molar-refractivity contribution in [3.05, 3.63) is 66.6 Å². The Kier molecular flexibility index (Phi) is 5.41. The van der Waals surface area contributed by atoms with E-state index in [0.29, 0.717) is 22.8 Å². The van der Waals surface area contributed by atoms with Gasteiger partial charge in [-0.15, -0.1) is 0 Å². The van der Waals surface area contributed by atoms with Crippen LogP contribution in [-0.2, 0) is 4.79 Å². The van der Waals surface area contributed by atoms with Gasteiger partial charge in [-0.1, -0.05) is 0 Å². The molecule has 0 aliphatic carbocycles. The topological polar surface area (TPSA) is 93.2 Å². The Hall–Kier alpha value is -3.74. The van der Waals surface area contributed by atoms with Crippen LogP contribution >= 0.6 is 0 Å². The van der Waals surface area contributed by atoms with Crippen LogP contribution in [0.1, 0.15) is 17.3 Å². The molecule has 0 aliphatic rings. The molecular weight excluding hydrogens is 344 g/mol. The molecule has 0 bridgehead atoms. The lowest BCUT2D eigenvalue weighted by atomic mass is 10.1. The molecule has 2 aromatic heterocycles. The molecule has 0 saturated carbocycles. The van der Waals surface area contributed by atoms with Crippen molar-refractivity contribution in [2.24, 2.45) is 0 Å². The zero-order chi connectivity index (χ0) is 19.2.